The van der Waals surface area contributed by atoms with Crippen molar-refractivity contribution < 1.29 is 19.4 Å². The number of nitrogens with zero attached hydrogens (tertiary/aromatic N) is 1. The molecule has 0 aliphatic carbocycles. The summed E-state index contributed by atoms with van der Waals surface area (Å²) in [5, 5.41) is 11.4. The number of aryl methyl sites for hydroxylation is 1. The van der Waals surface area contributed by atoms with Gasteiger partial charge in [-0.15, -0.1) is 0 Å². The summed E-state index contributed by atoms with van der Waals surface area (Å²) in [7, 11) is 0. The molecule has 0 saturated carbocycles. The number of amides is 1. The molecule has 0 saturated heterocycles. The Labute approximate surface area is 184 Å². The average molecular weight is 433 g/mol. The van der Waals surface area contributed by atoms with Crippen LogP contribution in [0.1, 0.15) is 40.3 Å². The molecule has 6 nitrogen and oxygen atoms in total. The largest absolute Gasteiger partial charge is 0.478 e. The predicted octanol–water partition coefficient (Wildman–Crippen LogP) is 5.26. The normalized spacial score (nSPS) is 11.4. The highest BCUT2D eigenvalue weighted by atomic mass is 32.1. The Bertz CT molecular complexity index is 1160. The Morgan fingerprint density at radius 1 is 1.13 bits per heavy atom. The number of anilines is 1. The van der Waals surface area contributed by atoms with Crippen molar-refractivity contribution in [3.05, 3.63) is 87.9 Å². The van der Waals surface area contributed by atoms with Crippen molar-refractivity contribution in [2.45, 2.75) is 20.0 Å². The molecule has 1 atom stereocenters. The summed E-state index contributed by atoms with van der Waals surface area (Å²) in [6, 6.07) is 16.6. The van der Waals surface area contributed by atoms with Gasteiger partial charge in [0.25, 0.3) is 0 Å². The van der Waals surface area contributed by atoms with E-state index in [1.807, 2.05) is 37.3 Å². The zero-order valence-corrected chi connectivity index (χ0v) is 17.8. The second-order valence-corrected chi connectivity index (χ2v) is 7.37. The molecule has 0 aliphatic rings. The molecule has 7 heteroatoms. The Kier molecular flexibility index (Phi) is 7.20. The van der Waals surface area contributed by atoms with Crippen LogP contribution in [0.4, 0.5) is 10.5 Å². The zero-order valence-electron chi connectivity index (χ0n) is 17.0. The second-order valence-electron chi connectivity index (χ2n) is 6.60. The van der Waals surface area contributed by atoms with E-state index < -0.39 is 18.2 Å². The molecule has 1 aromatic heterocycles. The lowest BCUT2D eigenvalue weighted by Crippen LogP contribution is -2.16. The van der Waals surface area contributed by atoms with Gasteiger partial charge in [-0.3, -0.25) is 5.32 Å². The molecule has 2 aromatic carbocycles. The van der Waals surface area contributed by atoms with E-state index in [0.29, 0.717) is 16.3 Å². The van der Waals surface area contributed by atoms with E-state index in [2.05, 4.69) is 21.5 Å². The summed E-state index contributed by atoms with van der Waals surface area (Å²) in [5.41, 5.74) is 3.61. The SMILES string of the molecule is Cc1nsc(C#Cc2ccc(/C=C/C(=O)O)cc2)c1NC(=O)OC(C)c1ccccc1. The minimum atomic E-state index is -0.999. The Hall–Kier alpha value is -3.89. The van der Waals surface area contributed by atoms with Gasteiger partial charge in [-0.1, -0.05) is 48.4 Å². The summed E-state index contributed by atoms with van der Waals surface area (Å²) < 4.78 is 9.74. The molecule has 1 unspecified atom stereocenters. The topological polar surface area (TPSA) is 88.5 Å². The van der Waals surface area contributed by atoms with Crippen LogP contribution in [0.25, 0.3) is 6.08 Å². The van der Waals surface area contributed by atoms with E-state index in [4.69, 9.17) is 9.84 Å². The third-order valence-corrected chi connectivity index (χ3v) is 5.15. The summed E-state index contributed by atoms with van der Waals surface area (Å²) in [6.45, 7) is 3.60. The zero-order chi connectivity index (χ0) is 22.2. The van der Waals surface area contributed by atoms with Crippen molar-refractivity contribution in [1.29, 1.82) is 0 Å². The summed E-state index contributed by atoms with van der Waals surface area (Å²) in [4.78, 5) is 23.6. The van der Waals surface area contributed by atoms with Crippen molar-refractivity contribution in [3.8, 4) is 11.8 Å². The number of aliphatic carboxylic acids is 1. The van der Waals surface area contributed by atoms with Crippen LogP contribution in [-0.4, -0.2) is 21.5 Å². The molecular weight excluding hydrogens is 412 g/mol. The number of rotatable bonds is 5. The van der Waals surface area contributed by atoms with Crippen LogP contribution in [0.2, 0.25) is 0 Å². The van der Waals surface area contributed by atoms with E-state index in [1.54, 1.807) is 31.2 Å². The monoisotopic (exact) mass is 432 g/mol. The fraction of sp³-hybridized carbons (Fsp3) is 0.125. The van der Waals surface area contributed by atoms with Gasteiger partial charge in [0.15, 0.2) is 0 Å². The van der Waals surface area contributed by atoms with Gasteiger partial charge >= 0.3 is 12.1 Å². The van der Waals surface area contributed by atoms with Crippen LogP contribution in [0, 0.1) is 18.8 Å². The van der Waals surface area contributed by atoms with E-state index in [1.165, 1.54) is 17.6 Å². The van der Waals surface area contributed by atoms with Gasteiger partial charge in [0, 0.05) is 11.6 Å². The number of ether oxygens (including phenoxy) is 1. The van der Waals surface area contributed by atoms with Crippen molar-refractivity contribution in [2.24, 2.45) is 0 Å². The van der Waals surface area contributed by atoms with Gasteiger partial charge in [-0.2, -0.15) is 4.37 Å². The number of hydrogen-bond acceptors (Lipinski definition) is 5. The van der Waals surface area contributed by atoms with Crippen LogP contribution in [0.3, 0.4) is 0 Å². The average Bonchev–Trinajstić information content (AvgIpc) is 3.11. The summed E-state index contributed by atoms with van der Waals surface area (Å²) >= 11 is 1.20. The quantitative estimate of drug-likeness (QED) is 0.424. The number of carboxylic acids is 1. The van der Waals surface area contributed by atoms with Crippen molar-refractivity contribution in [2.75, 3.05) is 5.32 Å². The summed E-state index contributed by atoms with van der Waals surface area (Å²) in [5.74, 6) is 5.07. The van der Waals surface area contributed by atoms with Crippen molar-refractivity contribution in [1.82, 2.24) is 4.37 Å². The third-order valence-electron chi connectivity index (χ3n) is 4.29. The van der Waals surface area contributed by atoms with Crippen LogP contribution >= 0.6 is 11.5 Å². The first-order valence-corrected chi connectivity index (χ1v) is 10.2. The van der Waals surface area contributed by atoms with Gasteiger partial charge in [0.2, 0.25) is 0 Å². The second kappa shape index (κ2) is 10.2. The summed E-state index contributed by atoms with van der Waals surface area (Å²) in [6.07, 6.45) is 1.63. The van der Waals surface area contributed by atoms with Crippen LogP contribution in [0.15, 0.2) is 60.7 Å². The standard InChI is InChI=1S/C24H20N2O4S/c1-16-23(25-24(29)30-17(2)20-6-4-3-5-7-20)21(31-26-16)14-12-18-8-10-19(11-9-18)13-15-22(27)28/h3-11,13,15,17H,1-2H3,(H,25,29)(H,27,28)/b15-13+. The van der Waals surface area contributed by atoms with Gasteiger partial charge < -0.3 is 9.84 Å². The smallest absolute Gasteiger partial charge is 0.412 e. The fourth-order valence-electron chi connectivity index (χ4n) is 2.66. The lowest BCUT2D eigenvalue weighted by Gasteiger charge is -2.14. The highest BCUT2D eigenvalue weighted by molar-refractivity contribution is 7.07. The molecular formula is C24H20N2O4S. The van der Waals surface area contributed by atoms with Gasteiger partial charge in [-0.25, -0.2) is 9.59 Å². The molecule has 0 spiro atoms. The minimum Gasteiger partial charge on any atom is -0.478 e. The molecule has 31 heavy (non-hydrogen) atoms. The number of carbonyl (C=O) groups is 2. The molecule has 0 bridgehead atoms. The third kappa shape index (κ3) is 6.29. The molecule has 156 valence electrons. The van der Waals surface area contributed by atoms with E-state index in [9.17, 15) is 9.59 Å². The number of benzene rings is 2. The number of aromatic nitrogens is 1. The molecule has 0 aliphatic heterocycles. The van der Waals surface area contributed by atoms with Crippen molar-refractivity contribution >= 4 is 35.4 Å². The number of nitrogens with one attached hydrogen (secondary N) is 1. The maximum absolute atomic E-state index is 12.4. The van der Waals surface area contributed by atoms with Gasteiger partial charge in [0.05, 0.1) is 11.4 Å². The van der Waals surface area contributed by atoms with Crippen LogP contribution in [-0.2, 0) is 9.53 Å². The maximum Gasteiger partial charge on any atom is 0.412 e. The molecule has 1 heterocycles. The highest BCUT2D eigenvalue weighted by Gasteiger charge is 2.16. The molecule has 1 amide bonds. The number of carbonyl (C=O) groups excluding carboxylic acids is 1. The molecule has 0 fully saturated rings. The number of hydrogen-bond donors (Lipinski definition) is 2. The van der Waals surface area contributed by atoms with Crippen LogP contribution in [0.5, 0.6) is 0 Å². The molecule has 0 radical (unpaired) electrons. The first-order valence-electron chi connectivity index (χ1n) is 9.44. The first-order chi connectivity index (χ1) is 14.9. The number of carboxylic acid groups (broad SMARTS) is 1. The molecule has 3 aromatic rings. The molecule has 2 N–H and O–H groups in total. The Balaban J connectivity index is 1.69. The van der Waals surface area contributed by atoms with Crippen molar-refractivity contribution in [3.63, 3.8) is 0 Å². The predicted molar refractivity (Wildman–Crippen MR) is 121 cm³/mol. The lowest BCUT2D eigenvalue weighted by atomic mass is 10.1. The van der Waals surface area contributed by atoms with Gasteiger partial charge in [0.1, 0.15) is 11.0 Å². The lowest BCUT2D eigenvalue weighted by molar-refractivity contribution is -0.131. The Morgan fingerprint density at radius 2 is 1.84 bits per heavy atom. The highest BCUT2D eigenvalue weighted by Crippen LogP contribution is 2.25. The Morgan fingerprint density at radius 3 is 2.52 bits per heavy atom. The molecule has 3 rings (SSSR count). The van der Waals surface area contributed by atoms with E-state index >= 15 is 0 Å². The van der Waals surface area contributed by atoms with Crippen LogP contribution < -0.4 is 5.32 Å². The fourth-order valence-corrected chi connectivity index (χ4v) is 3.37. The van der Waals surface area contributed by atoms with E-state index in [-0.39, 0.29) is 0 Å². The minimum absolute atomic E-state index is 0.392. The maximum atomic E-state index is 12.4. The van der Waals surface area contributed by atoms with E-state index in [0.717, 1.165) is 22.8 Å². The first kappa shape index (κ1) is 21.8. The van der Waals surface area contributed by atoms with Gasteiger partial charge in [-0.05, 0) is 60.6 Å².